The fourth-order valence-electron chi connectivity index (χ4n) is 2.83. The molecular formula is C20H33IN6O2. The molecule has 1 aromatic carbocycles. The molecule has 0 unspecified atom stereocenters. The number of aryl methyl sites for hydroxylation is 1. The minimum Gasteiger partial charge on any atom is -0.490 e. The van der Waals surface area contributed by atoms with Crippen LogP contribution in [0.25, 0.3) is 0 Å². The Morgan fingerprint density at radius 1 is 1.07 bits per heavy atom. The minimum absolute atomic E-state index is 0. The van der Waals surface area contributed by atoms with Crippen LogP contribution in [0, 0.1) is 0 Å². The highest BCUT2D eigenvalue weighted by molar-refractivity contribution is 14.0. The molecule has 0 atom stereocenters. The number of ether oxygens (including phenoxy) is 2. The molecule has 1 aromatic heterocycles. The molecule has 0 aliphatic carbocycles. The Hall–Kier alpha value is -2.04. The molecule has 0 aliphatic rings. The SMILES string of the molecule is CCOc1ccc(CCNC(=NC)NCCn2cnnc2CC)cc1OCC.I. The van der Waals surface area contributed by atoms with Crippen LogP contribution in [-0.4, -0.2) is 54.1 Å². The molecule has 2 aromatic rings. The summed E-state index contributed by atoms with van der Waals surface area (Å²) in [4.78, 5) is 4.28. The van der Waals surface area contributed by atoms with Crippen LogP contribution in [0.5, 0.6) is 11.5 Å². The molecule has 1 heterocycles. The molecule has 0 spiro atoms. The lowest BCUT2D eigenvalue weighted by molar-refractivity contribution is 0.287. The number of hydrogen-bond donors (Lipinski definition) is 2. The molecule has 162 valence electrons. The first kappa shape index (κ1) is 25.0. The number of aromatic nitrogens is 3. The molecule has 29 heavy (non-hydrogen) atoms. The van der Waals surface area contributed by atoms with Crippen LogP contribution in [-0.2, 0) is 19.4 Å². The number of guanidine groups is 1. The van der Waals surface area contributed by atoms with E-state index in [-0.39, 0.29) is 24.0 Å². The van der Waals surface area contributed by atoms with Crippen LogP contribution >= 0.6 is 24.0 Å². The second kappa shape index (κ2) is 14.0. The number of aliphatic imine (C=N–C) groups is 1. The van der Waals surface area contributed by atoms with Gasteiger partial charge in [0.05, 0.1) is 13.2 Å². The molecule has 0 aliphatic heterocycles. The van der Waals surface area contributed by atoms with Gasteiger partial charge in [-0.05, 0) is 38.0 Å². The van der Waals surface area contributed by atoms with Crippen molar-refractivity contribution < 1.29 is 9.47 Å². The summed E-state index contributed by atoms with van der Waals surface area (Å²) in [5.41, 5.74) is 1.19. The van der Waals surface area contributed by atoms with Gasteiger partial charge in [0.15, 0.2) is 17.5 Å². The van der Waals surface area contributed by atoms with Gasteiger partial charge in [-0.2, -0.15) is 0 Å². The van der Waals surface area contributed by atoms with Gasteiger partial charge in [0.1, 0.15) is 12.2 Å². The van der Waals surface area contributed by atoms with E-state index >= 15 is 0 Å². The highest BCUT2D eigenvalue weighted by Crippen LogP contribution is 2.28. The van der Waals surface area contributed by atoms with E-state index in [4.69, 9.17) is 9.47 Å². The molecule has 9 heteroatoms. The molecule has 2 N–H and O–H groups in total. The zero-order valence-electron chi connectivity index (χ0n) is 17.8. The van der Waals surface area contributed by atoms with Crippen molar-refractivity contribution in [3.8, 4) is 11.5 Å². The van der Waals surface area contributed by atoms with Crippen LogP contribution in [0.2, 0.25) is 0 Å². The minimum atomic E-state index is 0. The van der Waals surface area contributed by atoms with Crippen molar-refractivity contribution >= 4 is 29.9 Å². The first-order valence-corrected chi connectivity index (χ1v) is 9.91. The van der Waals surface area contributed by atoms with E-state index in [1.807, 2.05) is 26.0 Å². The molecule has 0 saturated heterocycles. The Morgan fingerprint density at radius 2 is 1.79 bits per heavy atom. The third-order valence-corrected chi connectivity index (χ3v) is 4.19. The molecule has 0 bridgehead atoms. The lowest BCUT2D eigenvalue weighted by atomic mass is 10.1. The summed E-state index contributed by atoms with van der Waals surface area (Å²) < 4.78 is 13.4. The molecule has 0 saturated carbocycles. The third kappa shape index (κ3) is 8.08. The smallest absolute Gasteiger partial charge is 0.191 e. The monoisotopic (exact) mass is 516 g/mol. The second-order valence-corrected chi connectivity index (χ2v) is 6.12. The lowest BCUT2D eigenvalue weighted by Gasteiger charge is -2.14. The summed E-state index contributed by atoms with van der Waals surface area (Å²) in [5.74, 6) is 3.36. The summed E-state index contributed by atoms with van der Waals surface area (Å²) in [7, 11) is 1.77. The molecular weight excluding hydrogens is 483 g/mol. The topological polar surface area (TPSA) is 85.6 Å². The van der Waals surface area contributed by atoms with Crippen LogP contribution in [0.4, 0.5) is 0 Å². The Kier molecular flexibility index (Phi) is 12.1. The summed E-state index contributed by atoms with van der Waals surface area (Å²) in [6.07, 6.45) is 3.50. The van der Waals surface area contributed by atoms with E-state index in [1.54, 1.807) is 13.4 Å². The van der Waals surface area contributed by atoms with Crippen molar-refractivity contribution in [1.82, 2.24) is 25.4 Å². The van der Waals surface area contributed by atoms with E-state index in [0.29, 0.717) is 13.2 Å². The van der Waals surface area contributed by atoms with Gasteiger partial charge < -0.3 is 24.7 Å². The number of hydrogen-bond acceptors (Lipinski definition) is 5. The largest absolute Gasteiger partial charge is 0.490 e. The maximum absolute atomic E-state index is 5.69. The predicted molar refractivity (Wildman–Crippen MR) is 127 cm³/mol. The van der Waals surface area contributed by atoms with Crippen molar-refractivity contribution in [2.75, 3.05) is 33.4 Å². The van der Waals surface area contributed by atoms with Gasteiger partial charge in [0, 0.05) is 33.1 Å². The van der Waals surface area contributed by atoms with Crippen LogP contribution in [0.15, 0.2) is 29.5 Å². The predicted octanol–water partition coefficient (Wildman–Crippen LogP) is 2.66. The zero-order chi connectivity index (χ0) is 20.2. The Morgan fingerprint density at radius 3 is 2.48 bits per heavy atom. The first-order chi connectivity index (χ1) is 13.7. The summed E-state index contributed by atoms with van der Waals surface area (Å²) in [6, 6.07) is 6.09. The second-order valence-electron chi connectivity index (χ2n) is 6.12. The van der Waals surface area contributed by atoms with Crippen molar-refractivity contribution in [3.63, 3.8) is 0 Å². The number of halogens is 1. The molecule has 2 rings (SSSR count). The summed E-state index contributed by atoms with van der Waals surface area (Å²) in [5, 5.41) is 14.7. The first-order valence-electron chi connectivity index (χ1n) is 9.91. The summed E-state index contributed by atoms with van der Waals surface area (Å²) in [6.45, 7) is 9.58. The average molecular weight is 516 g/mol. The van der Waals surface area contributed by atoms with E-state index in [1.165, 1.54) is 5.56 Å². The standard InChI is InChI=1S/C20H32N6O2.HI/c1-5-19-25-24-15-26(19)13-12-23-20(21-4)22-11-10-16-8-9-17(27-6-2)18(14-16)28-7-3;/h8-9,14-15H,5-7,10-13H2,1-4H3,(H2,21,22,23);1H. The van der Waals surface area contributed by atoms with E-state index in [9.17, 15) is 0 Å². The number of nitrogens with one attached hydrogen (secondary N) is 2. The van der Waals surface area contributed by atoms with Crippen LogP contribution in [0.1, 0.15) is 32.2 Å². The Labute approximate surface area is 190 Å². The Bertz CT molecular complexity index is 750. The zero-order valence-corrected chi connectivity index (χ0v) is 20.1. The van der Waals surface area contributed by atoms with Gasteiger partial charge in [0.2, 0.25) is 0 Å². The lowest BCUT2D eigenvalue weighted by Crippen LogP contribution is -2.39. The molecule has 0 fully saturated rings. The van der Waals surface area contributed by atoms with E-state index in [0.717, 1.165) is 55.8 Å². The number of nitrogens with zero attached hydrogens (tertiary/aromatic N) is 4. The van der Waals surface area contributed by atoms with Gasteiger partial charge in [-0.15, -0.1) is 34.2 Å². The van der Waals surface area contributed by atoms with Gasteiger partial charge in [-0.1, -0.05) is 13.0 Å². The van der Waals surface area contributed by atoms with Crippen molar-refractivity contribution in [1.29, 1.82) is 0 Å². The third-order valence-electron chi connectivity index (χ3n) is 4.19. The Balaban J connectivity index is 0.00000420. The maximum Gasteiger partial charge on any atom is 0.191 e. The van der Waals surface area contributed by atoms with E-state index < -0.39 is 0 Å². The fourth-order valence-corrected chi connectivity index (χ4v) is 2.83. The van der Waals surface area contributed by atoms with Crippen molar-refractivity contribution in [3.05, 3.63) is 35.9 Å². The van der Waals surface area contributed by atoms with Gasteiger partial charge in [0.25, 0.3) is 0 Å². The van der Waals surface area contributed by atoms with Gasteiger partial charge >= 0.3 is 0 Å². The molecule has 8 nitrogen and oxygen atoms in total. The number of rotatable bonds is 11. The number of benzene rings is 1. The van der Waals surface area contributed by atoms with Crippen LogP contribution in [0.3, 0.4) is 0 Å². The average Bonchev–Trinajstić information content (AvgIpc) is 3.16. The quantitative estimate of drug-likeness (QED) is 0.272. The fraction of sp³-hybridized carbons (Fsp3) is 0.550. The molecule has 0 radical (unpaired) electrons. The maximum atomic E-state index is 5.69. The van der Waals surface area contributed by atoms with Gasteiger partial charge in [-0.3, -0.25) is 4.99 Å². The molecule has 0 amide bonds. The van der Waals surface area contributed by atoms with Crippen molar-refractivity contribution in [2.45, 2.75) is 40.2 Å². The van der Waals surface area contributed by atoms with E-state index in [2.05, 4.69) is 43.4 Å². The van der Waals surface area contributed by atoms with Crippen LogP contribution < -0.4 is 20.1 Å². The highest BCUT2D eigenvalue weighted by atomic mass is 127. The van der Waals surface area contributed by atoms with Gasteiger partial charge in [-0.25, -0.2) is 0 Å². The van der Waals surface area contributed by atoms with Crippen molar-refractivity contribution in [2.24, 2.45) is 4.99 Å². The normalized spacial score (nSPS) is 11.0. The highest BCUT2D eigenvalue weighted by Gasteiger charge is 2.07. The summed E-state index contributed by atoms with van der Waals surface area (Å²) >= 11 is 0.